The van der Waals surface area contributed by atoms with E-state index in [9.17, 15) is 4.57 Å². The minimum Gasteiger partial charge on any atom is -0.444 e. The zero-order valence-corrected chi connectivity index (χ0v) is 20.4. The molecule has 28 heavy (non-hydrogen) atoms. The van der Waals surface area contributed by atoms with Crippen molar-refractivity contribution in [2.45, 2.75) is 86.0 Å². The summed E-state index contributed by atoms with van der Waals surface area (Å²) in [5.74, 6) is 0.817. The van der Waals surface area contributed by atoms with E-state index in [0.29, 0.717) is 30.6 Å². The quantitative estimate of drug-likeness (QED) is 0.442. The maximum Gasteiger partial charge on any atom is 0.316 e. The third kappa shape index (κ3) is 8.10. The Balaban J connectivity index is 3.13. The van der Waals surface area contributed by atoms with Crippen LogP contribution in [0.25, 0.3) is 0 Å². The molecule has 1 aromatic carbocycles. The molecule has 0 aliphatic carbocycles. The Morgan fingerprint density at radius 3 is 1.89 bits per heavy atom. The molecule has 0 amide bonds. The molecule has 0 fully saturated rings. The molecule has 0 bridgehead atoms. The molecule has 0 aliphatic heterocycles. The molecule has 6 nitrogen and oxygen atoms in total. The number of rotatable bonds is 12. The van der Waals surface area contributed by atoms with Crippen LogP contribution in [0, 0.1) is 0 Å². The second-order valence-electron chi connectivity index (χ2n) is 7.99. The molecule has 1 aromatic rings. The molecule has 0 spiro atoms. The highest BCUT2D eigenvalue weighted by Crippen LogP contribution is 2.50. The van der Waals surface area contributed by atoms with Crippen LogP contribution in [0.5, 0.6) is 5.75 Å². The molecule has 162 valence electrons. The summed E-state index contributed by atoms with van der Waals surface area (Å²) in [5.41, 5.74) is 1.02. The Morgan fingerprint density at radius 1 is 0.964 bits per heavy atom. The van der Waals surface area contributed by atoms with Crippen LogP contribution < -0.4 is 4.52 Å². The molecule has 0 saturated carbocycles. The highest BCUT2D eigenvalue weighted by atomic mass is 31.2. The third-order valence-corrected chi connectivity index (χ3v) is 7.68. The molecule has 0 heterocycles. The highest BCUT2D eigenvalue weighted by Gasteiger charge is 2.35. The first-order chi connectivity index (χ1) is 13.0. The molecule has 1 N–H and O–H groups in total. The van der Waals surface area contributed by atoms with Crippen LogP contribution in [0.2, 0.25) is 0 Å². The first-order valence-corrected chi connectivity index (χ1v) is 12.5. The van der Waals surface area contributed by atoms with Gasteiger partial charge in [-0.25, -0.2) is 9.34 Å². The van der Waals surface area contributed by atoms with E-state index in [-0.39, 0.29) is 6.61 Å². The zero-order chi connectivity index (χ0) is 21.4. The fourth-order valence-corrected chi connectivity index (χ4v) is 5.89. The zero-order valence-electron chi connectivity index (χ0n) is 18.5. The predicted molar refractivity (Wildman–Crippen MR) is 119 cm³/mol. The monoisotopic (exact) mass is 432 g/mol. The molecular weight excluding hydrogens is 394 g/mol. The molecule has 8 heteroatoms. The fraction of sp³-hybridized carbons (Fsp3) is 0.700. The average molecular weight is 432 g/mol. The van der Waals surface area contributed by atoms with Gasteiger partial charge in [-0.1, -0.05) is 12.1 Å². The fourth-order valence-electron chi connectivity index (χ4n) is 3.30. The summed E-state index contributed by atoms with van der Waals surface area (Å²) < 4.78 is 27.1. The first-order valence-electron chi connectivity index (χ1n) is 10.0. The molecule has 0 aliphatic rings. The van der Waals surface area contributed by atoms with Crippen molar-refractivity contribution in [3.8, 4) is 5.75 Å². The second-order valence-corrected chi connectivity index (χ2v) is 10.4. The molecule has 0 radical (unpaired) electrons. The van der Waals surface area contributed by atoms with Crippen molar-refractivity contribution in [1.29, 1.82) is 0 Å². The van der Waals surface area contributed by atoms with Crippen molar-refractivity contribution < 1.29 is 18.5 Å². The van der Waals surface area contributed by atoms with Crippen molar-refractivity contribution in [2.75, 3.05) is 6.61 Å². The highest BCUT2D eigenvalue weighted by molar-refractivity contribution is 7.47. The molecule has 1 rings (SSSR count). The number of benzene rings is 1. The van der Waals surface area contributed by atoms with E-state index in [4.69, 9.17) is 13.9 Å². The topological polar surface area (TPSA) is 62.2 Å². The largest absolute Gasteiger partial charge is 0.444 e. The van der Waals surface area contributed by atoms with Crippen molar-refractivity contribution in [3.05, 3.63) is 29.8 Å². The van der Waals surface area contributed by atoms with Crippen molar-refractivity contribution in [1.82, 2.24) is 9.34 Å². The van der Waals surface area contributed by atoms with Gasteiger partial charge in [-0.3, -0.25) is 4.57 Å². The lowest BCUT2D eigenvalue weighted by atomic mass is 10.1. The Kier molecular flexibility index (Phi) is 11.2. The molecule has 0 aromatic heterocycles. The lowest BCUT2D eigenvalue weighted by molar-refractivity contribution is 0.225. The third-order valence-electron chi connectivity index (χ3n) is 4.21. The number of hydrogen-bond donors (Lipinski definition) is 1. The van der Waals surface area contributed by atoms with Gasteiger partial charge in [-0.2, -0.15) is 0 Å². The van der Waals surface area contributed by atoms with Gasteiger partial charge in [0.1, 0.15) is 5.75 Å². The van der Waals surface area contributed by atoms with E-state index in [2.05, 4.69) is 64.7 Å². The van der Waals surface area contributed by atoms with Crippen LogP contribution in [0.15, 0.2) is 24.3 Å². The SMILES string of the molecule is CC(C)N(C(C)C)P(Oc1cccc(CCO[PH](=O)O)c1)N(C(C)C)C(C)C. The van der Waals surface area contributed by atoms with Crippen molar-refractivity contribution in [2.24, 2.45) is 0 Å². The lowest BCUT2D eigenvalue weighted by Crippen LogP contribution is -2.44. The van der Waals surface area contributed by atoms with Crippen LogP contribution in [0.3, 0.4) is 0 Å². The van der Waals surface area contributed by atoms with Crippen molar-refractivity contribution in [3.63, 3.8) is 0 Å². The van der Waals surface area contributed by atoms with Crippen LogP contribution in [-0.4, -0.2) is 45.0 Å². The molecule has 1 unspecified atom stereocenters. The summed E-state index contributed by atoms with van der Waals surface area (Å²) in [4.78, 5) is 8.82. The van der Waals surface area contributed by atoms with E-state index in [1.54, 1.807) is 0 Å². The van der Waals surface area contributed by atoms with E-state index in [1.165, 1.54) is 0 Å². The van der Waals surface area contributed by atoms with Crippen LogP contribution in [0.4, 0.5) is 0 Å². The summed E-state index contributed by atoms with van der Waals surface area (Å²) in [7, 11) is -3.89. The summed E-state index contributed by atoms with van der Waals surface area (Å²) in [6.07, 6.45) is 0.572. The van der Waals surface area contributed by atoms with Crippen molar-refractivity contribution >= 4 is 16.7 Å². The van der Waals surface area contributed by atoms with Gasteiger partial charge in [0.05, 0.1) is 6.61 Å². The summed E-state index contributed by atoms with van der Waals surface area (Å²) >= 11 is 0. The van der Waals surface area contributed by atoms with Gasteiger partial charge in [-0.05, 0) is 79.5 Å². The van der Waals surface area contributed by atoms with Crippen LogP contribution in [-0.2, 0) is 15.5 Å². The summed E-state index contributed by atoms with van der Waals surface area (Å²) in [5, 5.41) is 0. The van der Waals surface area contributed by atoms with Gasteiger partial charge < -0.3 is 13.9 Å². The maximum atomic E-state index is 10.7. The van der Waals surface area contributed by atoms with Crippen LogP contribution in [0.1, 0.15) is 61.0 Å². The first kappa shape index (κ1) is 25.6. The van der Waals surface area contributed by atoms with Gasteiger partial charge in [0.25, 0.3) is 0 Å². The molecule has 0 saturated heterocycles. The summed E-state index contributed by atoms with van der Waals surface area (Å²) in [6, 6.07) is 9.34. The second kappa shape index (κ2) is 12.3. The maximum absolute atomic E-state index is 10.7. The van der Waals surface area contributed by atoms with E-state index >= 15 is 0 Å². The van der Waals surface area contributed by atoms with E-state index < -0.39 is 16.7 Å². The van der Waals surface area contributed by atoms with Gasteiger partial charge in [-0.15, -0.1) is 0 Å². The Labute approximate surface area is 173 Å². The number of nitrogens with zero attached hydrogens (tertiary/aromatic N) is 2. The Morgan fingerprint density at radius 2 is 1.46 bits per heavy atom. The minimum absolute atomic E-state index is 0.223. The summed E-state index contributed by atoms with van der Waals surface area (Å²) in [6.45, 7) is 17.9. The van der Waals surface area contributed by atoms with Crippen LogP contribution >= 0.6 is 16.7 Å². The Bertz CT molecular complexity index is 576. The van der Waals surface area contributed by atoms with Gasteiger partial charge in [0.15, 0.2) is 0 Å². The molecule has 1 atom stereocenters. The smallest absolute Gasteiger partial charge is 0.316 e. The molecular formula is C20H38N2O4P2. The average Bonchev–Trinajstić information content (AvgIpc) is 2.53. The van der Waals surface area contributed by atoms with E-state index in [0.717, 1.165) is 11.3 Å². The van der Waals surface area contributed by atoms with Gasteiger partial charge in [0, 0.05) is 24.2 Å². The minimum atomic E-state index is -2.88. The normalized spacial score (nSPS) is 13.7. The lowest BCUT2D eigenvalue weighted by Gasteiger charge is -2.45. The standard InChI is InChI=1S/C20H38N2O4P2/c1-15(2)21(16(3)4)27(22(17(5)6)18(7)8)26-20-11-9-10-19(14-20)12-13-25-28(23)24/h9-11,14-18,28H,12-13H2,1-8H3,(H,23,24). The Hall–Kier alpha value is -0.480. The van der Waals surface area contributed by atoms with Gasteiger partial charge >= 0.3 is 8.25 Å². The number of hydrogen-bond acceptors (Lipinski definition) is 5. The van der Waals surface area contributed by atoms with Gasteiger partial charge in [0.2, 0.25) is 8.45 Å². The van der Waals surface area contributed by atoms with E-state index in [1.807, 2.05) is 24.3 Å². The predicted octanol–water partition coefficient (Wildman–Crippen LogP) is 5.47.